The van der Waals surface area contributed by atoms with Crippen molar-refractivity contribution >= 4 is 21.9 Å². The average Bonchev–Trinajstić information content (AvgIpc) is 3.68. The number of aromatic nitrogens is 2. The highest BCUT2D eigenvalue weighted by atomic mass is 32.2. The molecule has 0 spiro atoms. The maximum atomic E-state index is 13.4. The van der Waals surface area contributed by atoms with Crippen LogP contribution < -0.4 is 10.6 Å². The van der Waals surface area contributed by atoms with E-state index in [0.717, 1.165) is 47.0 Å². The van der Waals surface area contributed by atoms with Gasteiger partial charge in [0.25, 0.3) is 0 Å². The summed E-state index contributed by atoms with van der Waals surface area (Å²) in [4.78, 5) is 22.4. The molecular formula is C32H29F4N5O3S. The van der Waals surface area contributed by atoms with E-state index in [4.69, 9.17) is 0 Å². The number of halogens is 4. The number of rotatable bonds is 8. The molecule has 4 aromatic rings. The first-order valence-corrected chi connectivity index (χ1v) is 15.9. The lowest BCUT2D eigenvalue weighted by Gasteiger charge is -2.23. The summed E-state index contributed by atoms with van der Waals surface area (Å²) in [6.45, 7) is 0.0617. The summed E-state index contributed by atoms with van der Waals surface area (Å²) in [5.41, 5.74) is 2.70. The molecule has 8 nitrogen and oxygen atoms in total. The van der Waals surface area contributed by atoms with Crippen LogP contribution in [-0.2, 0) is 34.0 Å². The Bertz CT molecular complexity index is 1820. The van der Waals surface area contributed by atoms with E-state index in [0.29, 0.717) is 29.8 Å². The van der Waals surface area contributed by atoms with Crippen LogP contribution in [0, 0.1) is 5.82 Å². The fourth-order valence-electron chi connectivity index (χ4n) is 5.82. The predicted molar refractivity (Wildman–Crippen MR) is 159 cm³/mol. The summed E-state index contributed by atoms with van der Waals surface area (Å²) in [6.07, 6.45) is -2.03. The van der Waals surface area contributed by atoms with Crippen LogP contribution in [0.4, 0.5) is 23.5 Å². The number of fused-ring (bicyclic) bond motifs is 1. The number of benzene rings is 3. The van der Waals surface area contributed by atoms with Gasteiger partial charge >= 0.3 is 6.18 Å². The van der Waals surface area contributed by atoms with Gasteiger partial charge in [-0.05, 0) is 79.3 Å². The molecule has 6 rings (SSSR count). The largest absolute Gasteiger partial charge is 0.416 e. The van der Waals surface area contributed by atoms with Crippen LogP contribution >= 0.6 is 0 Å². The molecular weight excluding hydrogens is 610 g/mol. The minimum atomic E-state index is -4.49. The van der Waals surface area contributed by atoms with Crippen LogP contribution in [-0.4, -0.2) is 41.2 Å². The van der Waals surface area contributed by atoms with Crippen molar-refractivity contribution in [3.05, 3.63) is 107 Å². The van der Waals surface area contributed by atoms with E-state index in [-0.39, 0.29) is 30.0 Å². The number of carbonyl (C=O) groups is 1. The minimum absolute atomic E-state index is 0.0739. The molecule has 0 radical (unpaired) electrons. The van der Waals surface area contributed by atoms with Crippen LogP contribution in [0.15, 0.2) is 83.8 Å². The lowest BCUT2D eigenvalue weighted by atomic mass is 10.1. The Kier molecular flexibility index (Phi) is 8.31. The molecule has 2 N–H and O–H groups in total. The fourth-order valence-corrected chi connectivity index (χ4v) is 7.48. The number of nitrogens with one attached hydrogen (secondary N) is 2. The molecule has 13 heteroatoms. The van der Waals surface area contributed by atoms with Gasteiger partial charge in [-0.3, -0.25) is 4.79 Å². The van der Waals surface area contributed by atoms with Crippen LogP contribution in [0.25, 0.3) is 11.3 Å². The number of carbonyl (C=O) groups excluding carboxylic acids is 1. The van der Waals surface area contributed by atoms with Gasteiger partial charge in [0.05, 0.1) is 34.4 Å². The van der Waals surface area contributed by atoms with E-state index in [2.05, 4.69) is 26.7 Å². The smallest absolute Gasteiger partial charge is 0.349 e. The van der Waals surface area contributed by atoms with Gasteiger partial charge in [-0.2, -0.15) is 17.5 Å². The van der Waals surface area contributed by atoms with Gasteiger partial charge in [0.2, 0.25) is 21.9 Å². The number of nitrogens with zero attached hydrogens (tertiary/aromatic N) is 3. The molecule has 1 fully saturated rings. The van der Waals surface area contributed by atoms with Crippen molar-refractivity contribution in [1.82, 2.24) is 19.6 Å². The number of sulfonamides is 1. The van der Waals surface area contributed by atoms with Crippen molar-refractivity contribution in [2.45, 2.75) is 55.4 Å². The Morgan fingerprint density at radius 2 is 1.69 bits per heavy atom. The normalized spacial score (nSPS) is 18.5. The average molecular weight is 640 g/mol. The number of amides is 1. The highest BCUT2D eigenvalue weighted by Crippen LogP contribution is 2.34. The molecule has 1 aliphatic carbocycles. The molecule has 1 aromatic heterocycles. The number of hydrogen-bond donors (Lipinski definition) is 2. The van der Waals surface area contributed by atoms with E-state index in [9.17, 15) is 30.8 Å². The Hall–Kier alpha value is -4.36. The summed E-state index contributed by atoms with van der Waals surface area (Å²) < 4.78 is 80.6. The highest BCUT2D eigenvalue weighted by Gasteiger charge is 2.39. The van der Waals surface area contributed by atoms with Gasteiger partial charge in [0, 0.05) is 12.1 Å². The van der Waals surface area contributed by atoms with Gasteiger partial charge in [-0.25, -0.2) is 22.8 Å². The molecule has 0 bridgehead atoms. The molecule has 1 saturated heterocycles. The third-order valence-corrected chi connectivity index (χ3v) is 10.0. The van der Waals surface area contributed by atoms with Crippen molar-refractivity contribution in [2.24, 2.45) is 0 Å². The Morgan fingerprint density at radius 1 is 0.956 bits per heavy atom. The van der Waals surface area contributed by atoms with E-state index in [1.165, 1.54) is 29.8 Å². The molecule has 1 amide bonds. The van der Waals surface area contributed by atoms with Crippen LogP contribution in [0.3, 0.4) is 0 Å². The van der Waals surface area contributed by atoms with Gasteiger partial charge in [-0.15, -0.1) is 0 Å². The summed E-state index contributed by atoms with van der Waals surface area (Å²) in [6, 6.07) is 17.6. The minimum Gasteiger partial charge on any atom is -0.349 e. The predicted octanol–water partition coefficient (Wildman–Crippen LogP) is 5.87. The number of alkyl halides is 3. The first-order chi connectivity index (χ1) is 21.5. The highest BCUT2D eigenvalue weighted by molar-refractivity contribution is 7.89. The second kappa shape index (κ2) is 12.2. The molecule has 45 heavy (non-hydrogen) atoms. The summed E-state index contributed by atoms with van der Waals surface area (Å²) in [5, 5.41) is 6.12. The zero-order valence-electron chi connectivity index (χ0n) is 23.9. The summed E-state index contributed by atoms with van der Waals surface area (Å²) in [7, 11) is -4.04. The third kappa shape index (κ3) is 6.54. The van der Waals surface area contributed by atoms with E-state index in [1.54, 1.807) is 6.07 Å². The quantitative estimate of drug-likeness (QED) is 0.234. The summed E-state index contributed by atoms with van der Waals surface area (Å²) in [5.74, 6) is -0.844. The fraction of sp³-hybridized carbons (Fsp3) is 0.281. The number of aryl methyl sites for hydroxylation is 1. The second-order valence-corrected chi connectivity index (χ2v) is 12.9. The van der Waals surface area contributed by atoms with Crippen molar-refractivity contribution in [2.75, 3.05) is 11.9 Å². The molecule has 1 unspecified atom stereocenters. The van der Waals surface area contributed by atoms with Gasteiger partial charge < -0.3 is 10.6 Å². The van der Waals surface area contributed by atoms with Crippen LogP contribution in [0.2, 0.25) is 0 Å². The third-order valence-electron chi connectivity index (χ3n) is 8.09. The van der Waals surface area contributed by atoms with Gasteiger partial charge in [0.15, 0.2) is 0 Å². The lowest BCUT2D eigenvalue weighted by molar-refractivity contribution is -0.137. The Morgan fingerprint density at radius 3 is 2.42 bits per heavy atom. The second-order valence-electron chi connectivity index (χ2n) is 11.0. The van der Waals surface area contributed by atoms with Gasteiger partial charge in [-0.1, -0.05) is 36.4 Å². The van der Waals surface area contributed by atoms with Crippen LogP contribution in [0.1, 0.15) is 47.7 Å². The first kappa shape index (κ1) is 30.7. The van der Waals surface area contributed by atoms with E-state index < -0.39 is 39.5 Å². The maximum Gasteiger partial charge on any atom is 0.416 e. The maximum absolute atomic E-state index is 13.4. The van der Waals surface area contributed by atoms with Crippen molar-refractivity contribution in [3.8, 4) is 11.3 Å². The molecule has 234 valence electrons. The Labute approximate surface area is 257 Å². The SMILES string of the molecule is O=C(NCc1cc(-c2ccc(C(F)(F)F)cc2)nc(NC2CCc3ccccc32)n1)[C@@H]1CCCN1S(=O)(=O)c1ccc(F)cc1. The molecule has 2 atom stereocenters. The first-order valence-electron chi connectivity index (χ1n) is 14.4. The number of anilines is 1. The molecule has 3 aromatic carbocycles. The number of hydrogen-bond acceptors (Lipinski definition) is 6. The monoisotopic (exact) mass is 639 g/mol. The standard InChI is InChI=1S/C32H29F4N5O3S/c33-23-12-14-25(15-13-23)45(43,44)41-17-3-6-29(41)30(42)37-19-24-18-28(21-7-10-22(11-8-21)32(34,35)36)40-31(38-24)39-27-16-9-20-4-1-2-5-26(20)27/h1-2,4-5,7-8,10-15,18,27,29H,3,6,9,16-17,19H2,(H,37,42)(H,38,39,40)/t27?,29-/m0/s1. The molecule has 2 heterocycles. The van der Waals surface area contributed by atoms with E-state index in [1.807, 2.05) is 18.2 Å². The van der Waals surface area contributed by atoms with Crippen molar-refractivity contribution < 1.29 is 30.8 Å². The zero-order chi connectivity index (χ0) is 31.8. The van der Waals surface area contributed by atoms with Crippen molar-refractivity contribution in [3.63, 3.8) is 0 Å². The Balaban J connectivity index is 1.24. The van der Waals surface area contributed by atoms with Gasteiger partial charge in [0.1, 0.15) is 11.9 Å². The zero-order valence-corrected chi connectivity index (χ0v) is 24.7. The van der Waals surface area contributed by atoms with Crippen LogP contribution in [0.5, 0.6) is 0 Å². The van der Waals surface area contributed by atoms with Crippen molar-refractivity contribution in [1.29, 1.82) is 0 Å². The topological polar surface area (TPSA) is 104 Å². The molecule has 0 saturated carbocycles. The summed E-state index contributed by atoms with van der Waals surface area (Å²) >= 11 is 0. The lowest BCUT2D eigenvalue weighted by Crippen LogP contribution is -2.45. The molecule has 1 aliphatic heterocycles. The molecule has 2 aliphatic rings. The van der Waals surface area contributed by atoms with E-state index >= 15 is 0 Å².